The van der Waals surface area contributed by atoms with Crippen molar-refractivity contribution in [1.29, 1.82) is 0 Å². The summed E-state index contributed by atoms with van der Waals surface area (Å²) in [7, 11) is 3.83. The molecule has 2 fully saturated rings. The van der Waals surface area contributed by atoms with E-state index in [4.69, 9.17) is 0 Å². The molecule has 316 valence electrons. The van der Waals surface area contributed by atoms with Crippen LogP contribution in [0.5, 0.6) is 0 Å². The lowest BCUT2D eigenvalue weighted by Gasteiger charge is -2.28. The molecule has 2 unspecified atom stereocenters. The number of unbranched alkanes of at least 4 members (excludes halogenated alkanes) is 1. The lowest BCUT2D eigenvalue weighted by Crippen LogP contribution is -2.48. The van der Waals surface area contributed by atoms with Gasteiger partial charge in [0.1, 0.15) is 23.9 Å². The van der Waals surface area contributed by atoms with Crippen LogP contribution in [0.25, 0.3) is 22.4 Å². The molecular formula is C49H61N7O4. The first-order valence-electron chi connectivity index (χ1n) is 21.3. The summed E-state index contributed by atoms with van der Waals surface area (Å²) in [6.07, 6.45) is 10.1. The number of likely N-dealkylation sites (N-methyl/N-ethyl adjacent to an activating group) is 1. The van der Waals surface area contributed by atoms with Gasteiger partial charge in [-0.3, -0.25) is 24.1 Å². The standard InChI is InChI=1S/C44H49N7O4.C3H6.C2H6/c1-30(52)47-40(34-13-6-4-7-14-34)44(55)51-28-12-17-38(51)42(53)48-36-25-23-32(24-26-36)31-19-21-33(22-20-31)37-29-46-39(49-37)18-10-11-27-45-43(54)41(50(2)3)35-15-8-5-9-16-35;1-2-3-1;1-2/h4-9,13-16,19-26,29,38,40-41H,10-12,17-18,27-28H2,1-3H3,(H,45,54)(H,46,49)(H,47,52)(H,48,53);1-3H2;1-2H3/t38?,40-,41?;;/m1../s1. The van der Waals surface area contributed by atoms with Gasteiger partial charge < -0.3 is 25.8 Å². The van der Waals surface area contributed by atoms with Crippen molar-refractivity contribution < 1.29 is 19.2 Å². The van der Waals surface area contributed by atoms with Gasteiger partial charge in [0.25, 0.3) is 0 Å². The van der Waals surface area contributed by atoms with Crippen LogP contribution in [-0.2, 0) is 25.6 Å². The lowest BCUT2D eigenvalue weighted by atomic mass is 10.0. The highest BCUT2D eigenvalue weighted by molar-refractivity contribution is 5.99. The third-order valence-corrected chi connectivity index (χ3v) is 10.2. The Hall–Kier alpha value is -6.07. The van der Waals surface area contributed by atoms with Crippen molar-refractivity contribution in [2.24, 2.45) is 0 Å². The van der Waals surface area contributed by atoms with Crippen LogP contribution in [0.1, 0.15) is 94.8 Å². The van der Waals surface area contributed by atoms with Gasteiger partial charge in [-0.1, -0.05) is 130 Å². The predicted molar refractivity (Wildman–Crippen MR) is 240 cm³/mol. The van der Waals surface area contributed by atoms with Crippen LogP contribution in [0.2, 0.25) is 0 Å². The van der Waals surface area contributed by atoms with Crippen molar-refractivity contribution in [3.8, 4) is 22.4 Å². The van der Waals surface area contributed by atoms with Crippen LogP contribution >= 0.6 is 0 Å². The average Bonchev–Trinajstić information content (AvgIpc) is 3.93. The number of hydrogen-bond donors (Lipinski definition) is 4. The molecule has 60 heavy (non-hydrogen) atoms. The summed E-state index contributed by atoms with van der Waals surface area (Å²) in [5, 5.41) is 8.84. The number of rotatable bonds is 15. The van der Waals surface area contributed by atoms with Gasteiger partial charge in [0.15, 0.2) is 0 Å². The fourth-order valence-electron chi connectivity index (χ4n) is 7.10. The number of hydrogen-bond acceptors (Lipinski definition) is 6. The molecule has 0 radical (unpaired) electrons. The molecule has 3 atom stereocenters. The molecule has 0 spiro atoms. The van der Waals surface area contributed by atoms with Gasteiger partial charge in [0, 0.05) is 32.1 Å². The van der Waals surface area contributed by atoms with Gasteiger partial charge in [-0.25, -0.2) is 4.98 Å². The maximum absolute atomic E-state index is 13.6. The number of imidazole rings is 1. The third kappa shape index (κ3) is 13.0. The number of aromatic amines is 1. The first-order valence-corrected chi connectivity index (χ1v) is 21.3. The van der Waals surface area contributed by atoms with E-state index in [1.54, 1.807) is 17.0 Å². The smallest absolute Gasteiger partial charge is 0.250 e. The second-order valence-electron chi connectivity index (χ2n) is 15.2. The van der Waals surface area contributed by atoms with Crippen LogP contribution in [0.3, 0.4) is 0 Å². The van der Waals surface area contributed by atoms with Gasteiger partial charge in [-0.15, -0.1) is 0 Å². The highest BCUT2D eigenvalue weighted by atomic mass is 16.2. The number of likely N-dealkylation sites (tertiary alicyclic amines) is 1. The van der Waals surface area contributed by atoms with E-state index in [1.807, 2.05) is 112 Å². The summed E-state index contributed by atoms with van der Waals surface area (Å²) < 4.78 is 0. The van der Waals surface area contributed by atoms with E-state index < -0.39 is 12.1 Å². The van der Waals surface area contributed by atoms with E-state index in [9.17, 15) is 19.2 Å². The molecule has 4 aromatic carbocycles. The molecule has 7 rings (SSSR count). The van der Waals surface area contributed by atoms with Crippen LogP contribution < -0.4 is 16.0 Å². The zero-order chi connectivity index (χ0) is 42.9. The number of aromatic nitrogens is 2. The minimum absolute atomic E-state index is 0.00204. The van der Waals surface area contributed by atoms with Crippen molar-refractivity contribution in [2.75, 3.05) is 32.5 Å². The van der Waals surface area contributed by atoms with Crippen molar-refractivity contribution in [1.82, 2.24) is 30.4 Å². The van der Waals surface area contributed by atoms with E-state index in [0.29, 0.717) is 37.2 Å². The molecule has 4 amide bonds. The predicted octanol–water partition coefficient (Wildman–Crippen LogP) is 8.49. The molecule has 2 aliphatic rings. The average molecular weight is 812 g/mol. The summed E-state index contributed by atoms with van der Waals surface area (Å²) in [5.74, 6) is 0.0578. The number of carbonyl (C=O) groups is 4. The summed E-state index contributed by atoms with van der Waals surface area (Å²) >= 11 is 0. The molecular weight excluding hydrogens is 751 g/mol. The van der Waals surface area contributed by atoms with Crippen LogP contribution in [0, 0.1) is 0 Å². The number of carbonyl (C=O) groups excluding carboxylic acids is 4. The molecule has 1 aliphatic heterocycles. The van der Waals surface area contributed by atoms with Gasteiger partial charge in [-0.05, 0) is 79.7 Å². The highest BCUT2D eigenvalue weighted by Crippen LogP contribution is 2.28. The number of amides is 4. The number of benzene rings is 4. The largest absolute Gasteiger partial charge is 0.354 e. The monoisotopic (exact) mass is 811 g/mol. The number of anilines is 1. The summed E-state index contributed by atoms with van der Waals surface area (Å²) in [6.45, 7) is 6.44. The first-order chi connectivity index (χ1) is 29.2. The van der Waals surface area contributed by atoms with E-state index in [-0.39, 0.29) is 29.7 Å². The van der Waals surface area contributed by atoms with Crippen molar-refractivity contribution in [3.63, 3.8) is 0 Å². The van der Waals surface area contributed by atoms with Gasteiger partial charge in [0.05, 0.1) is 11.9 Å². The maximum Gasteiger partial charge on any atom is 0.250 e. The Balaban J connectivity index is 0.00000129. The number of nitrogens with zero attached hydrogens (tertiary/aromatic N) is 3. The summed E-state index contributed by atoms with van der Waals surface area (Å²) in [4.78, 5) is 63.4. The zero-order valence-electron chi connectivity index (χ0n) is 35.7. The molecule has 0 bridgehead atoms. The Morgan fingerprint density at radius 1 is 0.767 bits per heavy atom. The summed E-state index contributed by atoms with van der Waals surface area (Å²) in [5.41, 5.74) is 6.29. The van der Waals surface area contributed by atoms with Gasteiger partial charge in [0.2, 0.25) is 23.6 Å². The number of aryl methyl sites for hydroxylation is 1. The molecule has 1 saturated heterocycles. The van der Waals surface area contributed by atoms with Crippen LogP contribution in [0.15, 0.2) is 115 Å². The number of nitrogens with one attached hydrogen (secondary N) is 4. The second-order valence-corrected chi connectivity index (χ2v) is 15.2. The van der Waals surface area contributed by atoms with E-state index >= 15 is 0 Å². The Bertz CT molecular complexity index is 2100. The normalized spacial score (nSPS) is 15.0. The van der Waals surface area contributed by atoms with Gasteiger partial charge in [-0.2, -0.15) is 0 Å². The van der Waals surface area contributed by atoms with Gasteiger partial charge >= 0.3 is 0 Å². The topological polar surface area (TPSA) is 140 Å². The lowest BCUT2D eigenvalue weighted by molar-refractivity contribution is -0.140. The van der Waals surface area contributed by atoms with E-state index in [1.165, 1.54) is 26.2 Å². The molecule has 4 N–H and O–H groups in total. The fraction of sp³-hybridized carbons (Fsp3) is 0.367. The maximum atomic E-state index is 13.6. The Morgan fingerprint density at radius 2 is 1.35 bits per heavy atom. The second kappa shape index (κ2) is 22.9. The quantitative estimate of drug-likeness (QED) is 0.0783. The van der Waals surface area contributed by atoms with E-state index in [0.717, 1.165) is 53.0 Å². The van der Waals surface area contributed by atoms with Crippen LogP contribution in [-0.4, -0.2) is 76.6 Å². The van der Waals surface area contributed by atoms with Crippen LogP contribution in [0.4, 0.5) is 5.69 Å². The first kappa shape index (κ1) is 45.0. The Morgan fingerprint density at radius 3 is 1.93 bits per heavy atom. The summed E-state index contributed by atoms with van der Waals surface area (Å²) in [6, 6.07) is 33.0. The Labute approximate surface area is 355 Å². The van der Waals surface area contributed by atoms with Crippen molar-refractivity contribution in [3.05, 3.63) is 132 Å². The minimum Gasteiger partial charge on any atom is -0.354 e. The molecule has 1 aromatic heterocycles. The SMILES string of the molecule is C1CC1.CC.CC(=O)N[C@@H](C(=O)N1CCCC1C(=O)Nc1ccc(-c2ccc(-c3cnc(CCCCNC(=O)C(c4ccccc4)N(C)C)[nH]3)cc2)cc1)c1ccccc1. The minimum atomic E-state index is -0.854. The van der Waals surface area contributed by atoms with Crippen molar-refractivity contribution >= 4 is 29.3 Å². The third-order valence-electron chi connectivity index (χ3n) is 10.2. The van der Waals surface area contributed by atoms with Crippen molar-refractivity contribution in [2.45, 2.75) is 90.3 Å². The Kier molecular flexibility index (Phi) is 17.2. The molecule has 1 saturated carbocycles. The molecule has 1 aliphatic carbocycles. The molecule has 11 heteroatoms. The number of H-pyrrole nitrogens is 1. The molecule has 5 aromatic rings. The molecule has 2 heterocycles. The zero-order valence-corrected chi connectivity index (χ0v) is 35.7. The molecule has 11 nitrogen and oxygen atoms in total. The highest BCUT2D eigenvalue weighted by Gasteiger charge is 2.38. The fourth-order valence-corrected chi connectivity index (χ4v) is 7.10. The van der Waals surface area contributed by atoms with E-state index in [2.05, 4.69) is 50.2 Å².